The topological polar surface area (TPSA) is 66.5 Å². The van der Waals surface area contributed by atoms with Gasteiger partial charge in [-0.15, -0.1) is 0 Å². The molecule has 5 nitrogen and oxygen atoms in total. The Hall–Kier alpha value is -1.95. The summed E-state index contributed by atoms with van der Waals surface area (Å²) in [6.07, 6.45) is 5.38. The molecule has 122 valence electrons. The minimum Gasteiger partial charge on any atom is -0.354 e. The monoisotopic (exact) mass is 378 g/mol. The second-order valence-corrected chi connectivity index (χ2v) is 6.22. The molecule has 3 amide bonds. The molecule has 1 aromatic rings. The molecule has 0 saturated carbocycles. The predicted molar refractivity (Wildman–Crippen MR) is 91.4 cm³/mol. The summed E-state index contributed by atoms with van der Waals surface area (Å²) >= 11 is 3.37. The first-order valence-electron chi connectivity index (χ1n) is 7.58. The molecule has 23 heavy (non-hydrogen) atoms. The lowest BCUT2D eigenvalue weighted by Gasteiger charge is -2.24. The van der Waals surface area contributed by atoms with E-state index in [1.54, 1.807) is 6.08 Å². The van der Waals surface area contributed by atoms with E-state index in [1.807, 2.05) is 30.3 Å². The Morgan fingerprint density at radius 3 is 2.48 bits per heavy atom. The van der Waals surface area contributed by atoms with Crippen molar-refractivity contribution < 1.29 is 14.4 Å². The Kier molecular flexibility index (Phi) is 6.52. The number of rotatable bonds is 6. The first kappa shape index (κ1) is 17.4. The minimum atomic E-state index is -0.148. The smallest absolute Gasteiger partial charge is 0.229 e. The average molecular weight is 379 g/mol. The molecule has 6 heteroatoms. The Bertz CT molecular complexity index is 595. The van der Waals surface area contributed by atoms with Gasteiger partial charge in [0, 0.05) is 36.8 Å². The van der Waals surface area contributed by atoms with E-state index in [0.717, 1.165) is 10.0 Å². The van der Waals surface area contributed by atoms with E-state index < -0.39 is 0 Å². The zero-order chi connectivity index (χ0) is 16.7. The molecule has 0 spiro atoms. The number of piperidine rings is 1. The third kappa shape index (κ3) is 5.63. The molecule has 2 rings (SSSR count). The van der Waals surface area contributed by atoms with Crippen molar-refractivity contribution in [2.24, 2.45) is 0 Å². The second-order valence-electron chi connectivity index (χ2n) is 5.30. The lowest BCUT2D eigenvalue weighted by molar-refractivity contribution is -0.148. The van der Waals surface area contributed by atoms with Crippen molar-refractivity contribution in [3.05, 3.63) is 40.4 Å². The van der Waals surface area contributed by atoms with Gasteiger partial charge in [0.25, 0.3) is 0 Å². The maximum Gasteiger partial charge on any atom is 0.229 e. The molecule has 1 fully saturated rings. The molecule has 0 aromatic heterocycles. The number of likely N-dealkylation sites (tertiary alicyclic amines) is 1. The van der Waals surface area contributed by atoms with Crippen molar-refractivity contribution in [3.63, 3.8) is 0 Å². The SMILES string of the molecule is O=C(C/C=C/c1ccc(Br)cc1)NCCN1C(=O)CCCC1=O. The van der Waals surface area contributed by atoms with E-state index in [0.29, 0.717) is 25.8 Å². The fourth-order valence-electron chi connectivity index (χ4n) is 2.30. The van der Waals surface area contributed by atoms with Crippen LogP contribution < -0.4 is 5.32 Å². The third-order valence-electron chi connectivity index (χ3n) is 3.52. The number of carbonyl (C=O) groups is 3. The van der Waals surface area contributed by atoms with Crippen LogP contribution in [0.5, 0.6) is 0 Å². The van der Waals surface area contributed by atoms with Gasteiger partial charge in [0.2, 0.25) is 17.7 Å². The van der Waals surface area contributed by atoms with Crippen LogP contribution in [0.4, 0.5) is 0 Å². The molecule has 1 heterocycles. The number of hydrogen-bond donors (Lipinski definition) is 1. The highest BCUT2D eigenvalue weighted by Crippen LogP contribution is 2.12. The molecule has 0 atom stereocenters. The van der Waals surface area contributed by atoms with Crippen molar-refractivity contribution in [2.45, 2.75) is 25.7 Å². The first-order valence-corrected chi connectivity index (χ1v) is 8.37. The summed E-state index contributed by atoms with van der Waals surface area (Å²) < 4.78 is 1.01. The fourth-order valence-corrected chi connectivity index (χ4v) is 2.57. The van der Waals surface area contributed by atoms with Crippen LogP contribution in [0.15, 0.2) is 34.8 Å². The normalized spacial score (nSPS) is 15.3. The number of carbonyl (C=O) groups excluding carboxylic acids is 3. The number of halogens is 1. The zero-order valence-electron chi connectivity index (χ0n) is 12.8. The summed E-state index contributed by atoms with van der Waals surface area (Å²) in [5, 5.41) is 2.72. The Morgan fingerprint density at radius 1 is 1.17 bits per heavy atom. The molecule has 1 saturated heterocycles. The number of benzene rings is 1. The van der Waals surface area contributed by atoms with Gasteiger partial charge < -0.3 is 5.32 Å². The summed E-state index contributed by atoms with van der Waals surface area (Å²) in [6.45, 7) is 0.544. The molecular weight excluding hydrogens is 360 g/mol. The van der Waals surface area contributed by atoms with Gasteiger partial charge in [-0.1, -0.05) is 40.2 Å². The lowest BCUT2D eigenvalue weighted by Crippen LogP contribution is -2.44. The standard InChI is InChI=1S/C17H19BrN2O3/c18-14-9-7-13(8-10-14)3-1-4-15(21)19-11-12-20-16(22)5-2-6-17(20)23/h1,3,7-10H,2,4-6,11-12H2,(H,19,21)/b3-1+. The number of amides is 3. The van der Waals surface area contributed by atoms with Crippen LogP contribution in [-0.4, -0.2) is 35.7 Å². The highest BCUT2D eigenvalue weighted by atomic mass is 79.9. The van der Waals surface area contributed by atoms with E-state index in [-0.39, 0.29) is 30.7 Å². The molecule has 1 N–H and O–H groups in total. The maximum atomic E-state index is 11.7. The Labute approximate surface area is 143 Å². The largest absolute Gasteiger partial charge is 0.354 e. The highest BCUT2D eigenvalue weighted by Gasteiger charge is 2.25. The molecule has 0 unspecified atom stereocenters. The molecule has 0 radical (unpaired) electrons. The number of nitrogens with zero attached hydrogens (tertiary/aromatic N) is 1. The molecule has 0 aliphatic carbocycles. The summed E-state index contributed by atoms with van der Waals surface area (Å²) in [4.78, 5) is 36.2. The van der Waals surface area contributed by atoms with Crippen LogP contribution in [0.2, 0.25) is 0 Å². The zero-order valence-corrected chi connectivity index (χ0v) is 14.3. The Morgan fingerprint density at radius 2 is 1.83 bits per heavy atom. The number of nitrogens with one attached hydrogen (secondary N) is 1. The molecule has 1 aliphatic rings. The van der Waals surface area contributed by atoms with Crippen LogP contribution >= 0.6 is 15.9 Å². The van der Waals surface area contributed by atoms with Crippen LogP contribution in [0, 0.1) is 0 Å². The van der Waals surface area contributed by atoms with Crippen LogP contribution in [-0.2, 0) is 14.4 Å². The van der Waals surface area contributed by atoms with Crippen LogP contribution in [0.3, 0.4) is 0 Å². The molecule has 1 aromatic carbocycles. The van der Waals surface area contributed by atoms with Gasteiger partial charge in [0.1, 0.15) is 0 Å². The predicted octanol–water partition coefficient (Wildman–Crippen LogP) is 2.51. The quantitative estimate of drug-likeness (QED) is 0.773. The van der Waals surface area contributed by atoms with E-state index in [9.17, 15) is 14.4 Å². The van der Waals surface area contributed by atoms with Crippen molar-refractivity contribution in [3.8, 4) is 0 Å². The second kappa shape index (κ2) is 8.62. The lowest BCUT2D eigenvalue weighted by atomic mass is 10.1. The fraction of sp³-hybridized carbons (Fsp3) is 0.353. The Balaban J connectivity index is 1.69. The van der Waals surface area contributed by atoms with E-state index in [1.165, 1.54) is 4.90 Å². The van der Waals surface area contributed by atoms with Gasteiger partial charge >= 0.3 is 0 Å². The van der Waals surface area contributed by atoms with Crippen LogP contribution in [0.25, 0.3) is 6.08 Å². The van der Waals surface area contributed by atoms with Crippen LogP contribution in [0.1, 0.15) is 31.2 Å². The molecular formula is C17H19BrN2O3. The molecule has 1 aliphatic heterocycles. The van der Waals surface area contributed by atoms with Crippen molar-refractivity contribution >= 4 is 39.7 Å². The van der Waals surface area contributed by atoms with Gasteiger partial charge in [-0.2, -0.15) is 0 Å². The van der Waals surface area contributed by atoms with Crippen molar-refractivity contribution in [1.29, 1.82) is 0 Å². The maximum absolute atomic E-state index is 11.7. The van der Waals surface area contributed by atoms with Gasteiger partial charge in [-0.3, -0.25) is 19.3 Å². The van der Waals surface area contributed by atoms with Crippen molar-refractivity contribution in [1.82, 2.24) is 10.2 Å². The summed E-state index contributed by atoms with van der Waals surface area (Å²) in [5.74, 6) is -0.425. The highest BCUT2D eigenvalue weighted by molar-refractivity contribution is 9.10. The summed E-state index contributed by atoms with van der Waals surface area (Å²) in [6, 6.07) is 7.77. The van der Waals surface area contributed by atoms with Gasteiger partial charge in [-0.05, 0) is 24.1 Å². The molecule has 0 bridgehead atoms. The minimum absolute atomic E-state index is 0.129. The van der Waals surface area contributed by atoms with Gasteiger partial charge in [0.05, 0.1) is 0 Å². The summed E-state index contributed by atoms with van der Waals surface area (Å²) in [5.41, 5.74) is 1.02. The third-order valence-corrected chi connectivity index (χ3v) is 4.05. The summed E-state index contributed by atoms with van der Waals surface area (Å²) in [7, 11) is 0. The van der Waals surface area contributed by atoms with E-state index in [2.05, 4.69) is 21.2 Å². The van der Waals surface area contributed by atoms with E-state index in [4.69, 9.17) is 0 Å². The van der Waals surface area contributed by atoms with E-state index >= 15 is 0 Å². The average Bonchev–Trinajstić information content (AvgIpc) is 2.52. The number of imide groups is 1. The van der Waals surface area contributed by atoms with Gasteiger partial charge in [-0.25, -0.2) is 0 Å². The van der Waals surface area contributed by atoms with Crippen molar-refractivity contribution in [2.75, 3.05) is 13.1 Å². The van der Waals surface area contributed by atoms with Gasteiger partial charge in [0.15, 0.2) is 0 Å². The number of hydrogen-bond acceptors (Lipinski definition) is 3. The first-order chi connectivity index (χ1) is 11.1.